The Morgan fingerprint density at radius 3 is 2.50 bits per heavy atom. The topological polar surface area (TPSA) is 97.6 Å². The Hall–Kier alpha value is -2.88. The number of carbonyl (C=O) groups is 2. The first kappa shape index (κ1) is 23.8. The molecule has 2 fully saturated rings. The molecule has 3 atom stereocenters. The van der Waals surface area contributed by atoms with Crippen molar-refractivity contribution in [3.05, 3.63) is 22.6 Å². The molecular weight excluding hydrogens is 417 g/mol. The second kappa shape index (κ2) is 9.72. The van der Waals surface area contributed by atoms with Gasteiger partial charge in [0.15, 0.2) is 0 Å². The summed E-state index contributed by atoms with van der Waals surface area (Å²) < 4.78 is 23.1. The number of hydrogen-bond acceptors (Lipinski definition) is 6. The van der Waals surface area contributed by atoms with E-state index in [9.17, 15) is 18.8 Å². The highest BCUT2D eigenvalue weighted by molar-refractivity contribution is 6.01. The number of anilines is 1. The van der Waals surface area contributed by atoms with E-state index in [1.54, 1.807) is 26.2 Å². The van der Waals surface area contributed by atoms with E-state index in [0.717, 1.165) is 0 Å². The Morgan fingerprint density at radius 1 is 1.19 bits per heavy atom. The van der Waals surface area contributed by atoms with E-state index >= 15 is 0 Å². The summed E-state index contributed by atoms with van der Waals surface area (Å²) in [6, 6.07) is 2.47. The van der Waals surface area contributed by atoms with Crippen LogP contribution < -0.4 is 26.0 Å². The third-order valence-corrected chi connectivity index (χ3v) is 6.15. The van der Waals surface area contributed by atoms with Crippen LogP contribution in [-0.4, -0.2) is 60.4 Å². The van der Waals surface area contributed by atoms with Gasteiger partial charge in [-0.1, -0.05) is 13.8 Å². The lowest BCUT2D eigenvalue weighted by Crippen LogP contribution is -2.50. The van der Waals surface area contributed by atoms with Gasteiger partial charge in [-0.25, -0.2) is 9.18 Å². The van der Waals surface area contributed by atoms with E-state index in [0.29, 0.717) is 35.4 Å². The van der Waals surface area contributed by atoms with Crippen molar-refractivity contribution in [1.29, 1.82) is 0 Å². The van der Waals surface area contributed by atoms with Crippen molar-refractivity contribution in [3.63, 3.8) is 0 Å². The molecule has 176 valence electrons. The summed E-state index contributed by atoms with van der Waals surface area (Å²) in [7, 11) is 4.91. The second-order valence-electron chi connectivity index (χ2n) is 7.81. The molecule has 0 aliphatic carbocycles. The zero-order valence-corrected chi connectivity index (χ0v) is 19.3. The van der Waals surface area contributed by atoms with Gasteiger partial charge in [-0.2, -0.15) is 0 Å². The summed E-state index contributed by atoms with van der Waals surface area (Å²) in [5.74, 6) is -0.293. The zero-order valence-electron chi connectivity index (χ0n) is 19.3. The maximum Gasteiger partial charge on any atom is 0.329 e. The summed E-state index contributed by atoms with van der Waals surface area (Å²) in [6.45, 7) is 4.76. The number of fused-ring (bicyclic) bond motifs is 1. The molecular formula is C22H32FN5O4. The van der Waals surface area contributed by atoms with Crippen molar-refractivity contribution < 1.29 is 18.7 Å². The number of aryl methyl sites for hydroxylation is 1. The normalized spacial score (nSPS) is 23.6. The number of methoxy groups -OCH3 is 1. The summed E-state index contributed by atoms with van der Waals surface area (Å²) in [5, 5.41) is 5.31. The molecule has 3 heterocycles. The molecule has 2 amide bonds. The number of rotatable bonds is 4. The van der Waals surface area contributed by atoms with Gasteiger partial charge in [0.05, 0.1) is 24.7 Å². The van der Waals surface area contributed by atoms with Crippen LogP contribution in [0.2, 0.25) is 0 Å². The largest absolute Gasteiger partial charge is 0.494 e. The van der Waals surface area contributed by atoms with Crippen LogP contribution in [0.3, 0.4) is 0 Å². The van der Waals surface area contributed by atoms with Crippen molar-refractivity contribution in [1.82, 2.24) is 19.8 Å². The van der Waals surface area contributed by atoms with Crippen LogP contribution in [0, 0.1) is 0 Å². The number of imide groups is 1. The number of alkyl halides is 1. The molecule has 3 unspecified atom stereocenters. The first-order valence-electron chi connectivity index (χ1n) is 11.0. The lowest BCUT2D eigenvalue weighted by Gasteiger charge is -2.36. The number of benzene rings is 1. The summed E-state index contributed by atoms with van der Waals surface area (Å²) >= 11 is 0. The van der Waals surface area contributed by atoms with Crippen LogP contribution in [0.15, 0.2) is 16.9 Å². The Bertz CT molecular complexity index is 1060. The number of carbonyl (C=O) groups excluding carboxylic acids is 2. The number of nitrogens with one attached hydrogen (secondary N) is 2. The first-order chi connectivity index (χ1) is 15.4. The molecule has 2 aliphatic rings. The molecule has 1 aromatic heterocycles. The number of piperidine rings is 2. The van der Waals surface area contributed by atoms with Crippen molar-refractivity contribution >= 4 is 28.5 Å². The van der Waals surface area contributed by atoms with Crippen LogP contribution >= 0.6 is 0 Å². The van der Waals surface area contributed by atoms with Gasteiger partial charge in [-0.05, 0) is 32.0 Å². The number of nitrogens with zero attached hydrogens (tertiary/aromatic N) is 3. The molecule has 0 saturated carbocycles. The highest BCUT2D eigenvalue weighted by atomic mass is 19.1. The maximum atomic E-state index is 14.7. The number of hydrogen-bond donors (Lipinski definition) is 2. The lowest BCUT2D eigenvalue weighted by atomic mass is 10.0. The monoisotopic (exact) mass is 449 g/mol. The summed E-state index contributed by atoms with van der Waals surface area (Å²) in [4.78, 5) is 39.0. The Labute approximate surface area is 186 Å². The van der Waals surface area contributed by atoms with Gasteiger partial charge < -0.3 is 15.0 Å². The molecule has 2 saturated heterocycles. The van der Waals surface area contributed by atoms with E-state index in [4.69, 9.17) is 4.74 Å². The Morgan fingerprint density at radius 2 is 1.91 bits per heavy atom. The minimum Gasteiger partial charge on any atom is -0.494 e. The predicted molar refractivity (Wildman–Crippen MR) is 121 cm³/mol. The van der Waals surface area contributed by atoms with Gasteiger partial charge in [0.2, 0.25) is 11.8 Å². The van der Waals surface area contributed by atoms with Crippen molar-refractivity contribution in [3.8, 4) is 5.75 Å². The van der Waals surface area contributed by atoms with Gasteiger partial charge in [-0.3, -0.25) is 24.0 Å². The average Bonchev–Trinajstić information content (AvgIpc) is 3.04. The van der Waals surface area contributed by atoms with E-state index < -0.39 is 18.1 Å². The van der Waals surface area contributed by atoms with Gasteiger partial charge in [0.25, 0.3) is 0 Å². The van der Waals surface area contributed by atoms with Gasteiger partial charge in [0, 0.05) is 26.1 Å². The van der Waals surface area contributed by atoms with E-state index in [-0.39, 0.29) is 37.0 Å². The Kier molecular flexibility index (Phi) is 7.22. The predicted octanol–water partition coefficient (Wildman–Crippen LogP) is 1.49. The summed E-state index contributed by atoms with van der Waals surface area (Å²) in [5.41, 5.74) is 1.41. The molecule has 2 aromatic rings. The number of halogens is 1. The minimum atomic E-state index is -1.07. The number of imidazole rings is 1. The van der Waals surface area contributed by atoms with Gasteiger partial charge in [0.1, 0.15) is 23.7 Å². The highest BCUT2D eigenvalue weighted by Crippen LogP contribution is 2.38. The smallest absolute Gasteiger partial charge is 0.329 e. The minimum absolute atomic E-state index is 0.165. The third-order valence-electron chi connectivity index (χ3n) is 6.15. The summed E-state index contributed by atoms with van der Waals surface area (Å²) in [6.07, 6.45) is -0.0361. The molecule has 10 heteroatoms. The number of aromatic nitrogens is 2. The molecule has 0 spiro atoms. The fourth-order valence-electron chi connectivity index (χ4n) is 4.57. The molecule has 32 heavy (non-hydrogen) atoms. The molecule has 0 bridgehead atoms. The maximum absolute atomic E-state index is 14.7. The SMILES string of the molecule is CC.CNC1CCN(c2c(OC)ccc3c2n(C)c(=O)n3C2CCC(=O)NC2=O)CC1F. The van der Waals surface area contributed by atoms with Crippen LogP contribution in [0.25, 0.3) is 11.0 Å². The number of ether oxygens (including phenoxy) is 1. The fraction of sp³-hybridized carbons (Fsp3) is 0.591. The van der Waals surface area contributed by atoms with E-state index in [1.807, 2.05) is 18.7 Å². The van der Waals surface area contributed by atoms with Crippen molar-refractivity contribution in [2.75, 3.05) is 32.1 Å². The van der Waals surface area contributed by atoms with E-state index in [1.165, 1.54) is 16.2 Å². The van der Waals surface area contributed by atoms with Gasteiger partial charge in [-0.15, -0.1) is 0 Å². The van der Waals surface area contributed by atoms with Crippen molar-refractivity contribution in [2.45, 2.75) is 51.4 Å². The zero-order chi connectivity index (χ0) is 23.6. The van der Waals surface area contributed by atoms with Gasteiger partial charge >= 0.3 is 5.69 Å². The van der Waals surface area contributed by atoms with Crippen LogP contribution in [0.4, 0.5) is 10.1 Å². The molecule has 0 radical (unpaired) electrons. The van der Waals surface area contributed by atoms with Crippen LogP contribution in [0.5, 0.6) is 5.75 Å². The third kappa shape index (κ3) is 3.99. The number of amides is 2. The van der Waals surface area contributed by atoms with Crippen LogP contribution in [-0.2, 0) is 16.6 Å². The van der Waals surface area contributed by atoms with Crippen LogP contribution in [0.1, 0.15) is 39.2 Å². The molecule has 1 aromatic carbocycles. The molecule has 2 N–H and O–H groups in total. The molecule has 2 aliphatic heterocycles. The molecule has 9 nitrogen and oxygen atoms in total. The Balaban J connectivity index is 0.00000141. The molecule has 4 rings (SSSR count). The lowest BCUT2D eigenvalue weighted by molar-refractivity contribution is -0.135. The standard InChI is InChI=1S/C20H26FN5O4.C2H6/c1-22-12-8-9-25(10-11(12)21)18-15(30-3)6-4-13-17(18)24(2)20(29)26(13)14-5-7-16(27)23-19(14)28;1-2/h4,6,11-12,14,22H,5,7-10H2,1-3H3,(H,23,27,28);1-2H3. The fourth-order valence-corrected chi connectivity index (χ4v) is 4.57. The quantitative estimate of drug-likeness (QED) is 0.687. The van der Waals surface area contributed by atoms with E-state index in [2.05, 4.69) is 10.6 Å². The first-order valence-corrected chi connectivity index (χ1v) is 11.0. The van der Waals surface area contributed by atoms with Crippen molar-refractivity contribution in [2.24, 2.45) is 7.05 Å². The highest BCUT2D eigenvalue weighted by Gasteiger charge is 2.34. The second-order valence-corrected chi connectivity index (χ2v) is 7.81. The average molecular weight is 450 g/mol.